The lowest BCUT2D eigenvalue weighted by Gasteiger charge is -2.26. The summed E-state index contributed by atoms with van der Waals surface area (Å²) in [7, 11) is 0. The van der Waals surface area contributed by atoms with Gasteiger partial charge in [-0.2, -0.15) is 0 Å². The van der Waals surface area contributed by atoms with Crippen molar-refractivity contribution in [2.24, 2.45) is 5.92 Å². The summed E-state index contributed by atoms with van der Waals surface area (Å²) in [6.07, 6.45) is 3.30. The van der Waals surface area contributed by atoms with Gasteiger partial charge < -0.3 is 19.1 Å². The van der Waals surface area contributed by atoms with E-state index in [4.69, 9.17) is 9.26 Å². The molecule has 4 aromatic rings. The number of carbonyl (C=O) groups excluding carboxylic acids is 1. The van der Waals surface area contributed by atoms with Crippen LogP contribution in [-0.4, -0.2) is 47.3 Å². The monoisotopic (exact) mass is 458 g/mol. The minimum Gasteiger partial charge on any atom is -0.379 e. The zero-order valence-corrected chi connectivity index (χ0v) is 19.8. The van der Waals surface area contributed by atoms with E-state index < -0.39 is 0 Å². The van der Waals surface area contributed by atoms with Crippen LogP contribution in [0.25, 0.3) is 32.9 Å². The zero-order chi connectivity index (χ0) is 23.2. The lowest BCUT2D eigenvalue weighted by Crippen LogP contribution is -2.35. The Bertz CT molecular complexity index is 1360. The SMILES string of the molecule is Cc1noc(C)c1-c1cc(NC=O)c2c(c1)c1ccc(CN3CCOCC3)cc1n2CC1CC1. The second kappa shape index (κ2) is 8.56. The van der Waals surface area contributed by atoms with Gasteiger partial charge in [0.15, 0.2) is 0 Å². The van der Waals surface area contributed by atoms with E-state index in [2.05, 4.69) is 50.3 Å². The highest BCUT2D eigenvalue weighted by molar-refractivity contribution is 6.14. The molecule has 0 spiro atoms. The average Bonchev–Trinajstić information content (AvgIpc) is 3.53. The largest absolute Gasteiger partial charge is 0.379 e. The van der Waals surface area contributed by atoms with Crippen molar-refractivity contribution in [1.82, 2.24) is 14.6 Å². The summed E-state index contributed by atoms with van der Waals surface area (Å²) >= 11 is 0. The second-order valence-corrected chi connectivity index (χ2v) is 9.68. The number of morpholine rings is 1. The van der Waals surface area contributed by atoms with Crippen LogP contribution in [-0.2, 0) is 22.6 Å². The number of nitrogens with zero attached hydrogens (tertiary/aromatic N) is 3. The van der Waals surface area contributed by atoms with Crippen molar-refractivity contribution >= 4 is 33.9 Å². The maximum atomic E-state index is 11.6. The third kappa shape index (κ3) is 3.79. The number of nitrogens with one attached hydrogen (secondary N) is 1. The van der Waals surface area contributed by atoms with Gasteiger partial charge in [0.05, 0.1) is 30.1 Å². The minimum absolute atomic E-state index is 0.702. The molecule has 1 amide bonds. The first-order valence-electron chi connectivity index (χ1n) is 12.1. The predicted octanol–water partition coefficient (Wildman–Crippen LogP) is 4.88. The highest BCUT2D eigenvalue weighted by Crippen LogP contribution is 2.42. The lowest BCUT2D eigenvalue weighted by atomic mass is 10.00. The molecular formula is C27H30N4O3. The van der Waals surface area contributed by atoms with Crippen LogP contribution in [0.1, 0.15) is 29.9 Å². The van der Waals surface area contributed by atoms with Gasteiger partial charge in [-0.3, -0.25) is 9.69 Å². The first-order valence-corrected chi connectivity index (χ1v) is 12.1. The molecule has 2 aliphatic rings. The van der Waals surface area contributed by atoms with Crippen LogP contribution in [0.4, 0.5) is 5.69 Å². The fraction of sp³-hybridized carbons (Fsp3) is 0.407. The van der Waals surface area contributed by atoms with Crippen LogP contribution in [0, 0.1) is 19.8 Å². The molecule has 0 unspecified atom stereocenters. The second-order valence-electron chi connectivity index (χ2n) is 9.68. The molecule has 176 valence electrons. The summed E-state index contributed by atoms with van der Waals surface area (Å²) in [5.41, 5.74) is 7.31. The van der Waals surface area contributed by atoms with Crippen LogP contribution >= 0.6 is 0 Å². The quantitative estimate of drug-likeness (QED) is 0.400. The van der Waals surface area contributed by atoms with E-state index in [-0.39, 0.29) is 0 Å². The summed E-state index contributed by atoms with van der Waals surface area (Å²) in [6.45, 7) is 9.32. The molecule has 6 rings (SSSR count). The van der Waals surface area contributed by atoms with Gasteiger partial charge in [0.2, 0.25) is 6.41 Å². The topological polar surface area (TPSA) is 72.5 Å². The van der Waals surface area contributed by atoms with Gasteiger partial charge in [0.1, 0.15) is 5.76 Å². The number of hydrogen-bond acceptors (Lipinski definition) is 5. The first kappa shape index (κ1) is 21.4. The van der Waals surface area contributed by atoms with Crippen LogP contribution in [0.3, 0.4) is 0 Å². The van der Waals surface area contributed by atoms with E-state index in [1.54, 1.807) is 0 Å². The Morgan fingerprint density at radius 1 is 1.12 bits per heavy atom. The zero-order valence-electron chi connectivity index (χ0n) is 19.8. The highest BCUT2D eigenvalue weighted by atomic mass is 16.5. The Morgan fingerprint density at radius 2 is 1.94 bits per heavy atom. The van der Waals surface area contributed by atoms with E-state index in [0.29, 0.717) is 5.92 Å². The standard InChI is InChI=1S/C27H30N4O3/c1-17-26(18(2)34-29-17)21-12-23-22-6-5-20(14-30-7-9-33-10-8-30)11-25(22)31(15-19-3-4-19)27(23)24(13-21)28-16-32/h5-6,11-13,16,19H,3-4,7-10,14-15H2,1-2H3,(H,28,32). The molecule has 1 N–H and O–H groups in total. The molecule has 2 aromatic heterocycles. The minimum atomic E-state index is 0.702. The maximum absolute atomic E-state index is 11.6. The molecule has 7 heteroatoms. The molecule has 1 saturated heterocycles. The van der Waals surface area contributed by atoms with Crippen molar-refractivity contribution < 1.29 is 14.1 Å². The normalized spacial score (nSPS) is 17.0. The van der Waals surface area contributed by atoms with Crippen molar-refractivity contribution in [1.29, 1.82) is 0 Å². The van der Waals surface area contributed by atoms with E-state index in [0.717, 1.165) is 85.0 Å². The molecule has 7 nitrogen and oxygen atoms in total. The summed E-state index contributed by atoms with van der Waals surface area (Å²) in [4.78, 5) is 14.1. The van der Waals surface area contributed by atoms with Crippen molar-refractivity contribution in [3.05, 3.63) is 47.3 Å². The Hall–Kier alpha value is -3.16. The van der Waals surface area contributed by atoms with Crippen molar-refractivity contribution in [3.63, 3.8) is 0 Å². The van der Waals surface area contributed by atoms with Gasteiger partial charge in [-0.15, -0.1) is 0 Å². The molecule has 2 fully saturated rings. The molecule has 0 atom stereocenters. The predicted molar refractivity (Wildman–Crippen MR) is 133 cm³/mol. The molecule has 1 aliphatic heterocycles. The van der Waals surface area contributed by atoms with Crippen LogP contribution in [0.15, 0.2) is 34.9 Å². The number of fused-ring (bicyclic) bond motifs is 3. The van der Waals surface area contributed by atoms with Crippen molar-refractivity contribution in [3.8, 4) is 11.1 Å². The molecule has 1 saturated carbocycles. The Balaban J connectivity index is 1.55. The van der Waals surface area contributed by atoms with Gasteiger partial charge in [-0.1, -0.05) is 17.3 Å². The fourth-order valence-electron chi connectivity index (χ4n) is 5.36. The summed E-state index contributed by atoms with van der Waals surface area (Å²) < 4.78 is 13.4. The third-order valence-corrected chi connectivity index (χ3v) is 7.21. The number of benzene rings is 2. The lowest BCUT2D eigenvalue weighted by molar-refractivity contribution is -0.105. The molecular weight excluding hydrogens is 428 g/mol. The molecule has 34 heavy (non-hydrogen) atoms. The summed E-state index contributed by atoms with van der Waals surface area (Å²) in [5, 5.41) is 9.50. The number of carbonyl (C=O) groups is 1. The van der Waals surface area contributed by atoms with E-state index in [9.17, 15) is 4.79 Å². The van der Waals surface area contributed by atoms with Crippen molar-refractivity contribution in [2.75, 3.05) is 31.6 Å². The van der Waals surface area contributed by atoms with Crippen LogP contribution in [0.5, 0.6) is 0 Å². The molecule has 3 heterocycles. The number of rotatable bonds is 7. The Morgan fingerprint density at radius 3 is 2.65 bits per heavy atom. The number of amides is 1. The number of hydrogen-bond donors (Lipinski definition) is 1. The molecule has 0 bridgehead atoms. The van der Waals surface area contributed by atoms with E-state index in [1.807, 2.05) is 13.8 Å². The van der Waals surface area contributed by atoms with Gasteiger partial charge in [0, 0.05) is 48.0 Å². The Labute approximate surface area is 198 Å². The molecule has 2 aromatic carbocycles. The van der Waals surface area contributed by atoms with Crippen LogP contribution < -0.4 is 5.32 Å². The summed E-state index contributed by atoms with van der Waals surface area (Å²) in [5.74, 6) is 1.48. The highest BCUT2D eigenvalue weighted by Gasteiger charge is 2.26. The van der Waals surface area contributed by atoms with Gasteiger partial charge in [-0.05, 0) is 61.9 Å². The maximum Gasteiger partial charge on any atom is 0.211 e. The Kier molecular flexibility index (Phi) is 5.38. The van der Waals surface area contributed by atoms with Gasteiger partial charge in [0.25, 0.3) is 0 Å². The van der Waals surface area contributed by atoms with Crippen LogP contribution in [0.2, 0.25) is 0 Å². The number of anilines is 1. The molecule has 1 aliphatic carbocycles. The first-order chi connectivity index (χ1) is 16.6. The van der Waals surface area contributed by atoms with Gasteiger partial charge in [-0.25, -0.2) is 0 Å². The molecule has 0 radical (unpaired) electrons. The number of aromatic nitrogens is 2. The smallest absolute Gasteiger partial charge is 0.211 e. The van der Waals surface area contributed by atoms with Gasteiger partial charge >= 0.3 is 0 Å². The van der Waals surface area contributed by atoms with E-state index in [1.165, 1.54) is 29.3 Å². The average molecular weight is 459 g/mol. The van der Waals surface area contributed by atoms with E-state index >= 15 is 0 Å². The summed E-state index contributed by atoms with van der Waals surface area (Å²) in [6, 6.07) is 11.1. The fourth-order valence-corrected chi connectivity index (χ4v) is 5.36. The number of aryl methyl sites for hydroxylation is 2. The third-order valence-electron chi connectivity index (χ3n) is 7.21. The number of ether oxygens (including phenoxy) is 1. The van der Waals surface area contributed by atoms with Crippen molar-refractivity contribution in [2.45, 2.75) is 39.8 Å².